The highest BCUT2D eigenvalue weighted by Crippen LogP contribution is 2.28. The van der Waals surface area contributed by atoms with Crippen LogP contribution in [0.3, 0.4) is 0 Å². The van der Waals surface area contributed by atoms with Crippen molar-refractivity contribution in [2.24, 2.45) is 7.05 Å². The Morgan fingerprint density at radius 2 is 2.24 bits per heavy atom. The lowest BCUT2D eigenvalue weighted by Gasteiger charge is -2.15. The van der Waals surface area contributed by atoms with Gasteiger partial charge in [0.15, 0.2) is 4.67 Å². The smallest absolute Gasteiger partial charge is 0.247 e. The summed E-state index contributed by atoms with van der Waals surface area (Å²) >= 11 is 3.16. The van der Waals surface area contributed by atoms with E-state index in [0.29, 0.717) is 12.3 Å². The van der Waals surface area contributed by atoms with Crippen LogP contribution in [0.15, 0.2) is 32.4 Å². The van der Waals surface area contributed by atoms with Crippen molar-refractivity contribution in [1.29, 1.82) is 0 Å². The van der Waals surface area contributed by atoms with Crippen molar-refractivity contribution in [3.63, 3.8) is 0 Å². The summed E-state index contributed by atoms with van der Waals surface area (Å²) in [7, 11) is 1.45. The third-order valence-corrected chi connectivity index (χ3v) is 5.57. The molecule has 116 valence electrons. The molecule has 0 bridgehead atoms. The van der Waals surface area contributed by atoms with Gasteiger partial charge in [-0.25, -0.2) is 8.42 Å². The summed E-state index contributed by atoms with van der Waals surface area (Å²) in [5, 5.41) is 6.94. The SMILES string of the molecule is CNCc1cc(S(=O)(=O)N(C)Cc2cnn(C)c2)c(Br)o1. The van der Waals surface area contributed by atoms with E-state index in [2.05, 4.69) is 26.3 Å². The Labute approximate surface area is 132 Å². The van der Waals surface area contributed by atoms with Crippen molar-refractivity contribution >= 4 is 26.0 Å². The van der Waals surface area contributed by atoms with Crippen LogP contribution in [0.1, 0.15) is 11.3 Å². The Kier molecular flexibility index (Phi) is 4.87. The quantitative estimate of drug-likeness (QED) is 0.821. The highest BCUT2D eigenvalue weighted by Gasteiger charge is 2.27. The molecule has 0 spiro atoms. The zero-order valence-corrected chi connectivity index (χ0v) is 14.4. The second kappa shape index (κ2) is 6.30. The second-order valence-corrected chi connectivity index (χ2v) is 7.40. The van der Waals surface area contributed by atoms with E-state index in [-0.39, 0.29) is 16.1 Å². The van der Waals surface area contributed by atoms with E-state index >= 15 is 0 Å². The first-order chi connectivity index (χ1) is 9.84. The molecule has 0 unspecified atom stereocenters. The number of hydrogen-bond donors (Lipinski definition) is 1. The molecule has 0 aromatic carbocycles. The molecular weight excluding hydrogens is 360 g/mol. The number of hydrogen-bond acceptors (Lipinski definition) is 5. The highest BCUT2D eigenvalue weighted by atomic mass is 79.9. The van der Waals surface area contributed by atoms with E-state index in [9.17, 15) is 8.42 Å². The van der Waals surface area contributed by atoms with E-state index < -0.39 is 10.0 Å². The normalized spacial score (nSPS) is 12.2. The van der Waals surface area contributed by atoms with Gasteiger partial charge in [-0.3, -0.25) is 4.68 Å². The first kappa shape index (κ1) is 16.2. The lowest BCUT2D eigenvalue weighted by atomic mass is 10.4. The molecule has 9 heteroatoms. The Morgan fingerprint density at radius 3 is 2.81 bits per heavy atom. The number of halogens is 1. The van der Waals surface area contributed by atoms with Gasteiger partial charge < -0.3 is 9.73 Å². The molecule has 0 fully saturated rings. The molecule has 0 aliphatic rings. The van der Waals surface area contributed by atoms with E-state index in [1.165, 1.54) is 17.4 Å². The first-order valence-corrected chi connectivity index (χ1v) is 8.44. The summed E-state index contributed by atoms with van der Waals surface area (Å²) in [6.45, 7) is 0.704. The van der Waals surface area contributed by atoms with Gasteiger partial charge in [-0.1, -0.05) is 0 Å². The lowest BCUT2D eigenvalue weighted by Crippen LogP contribution is -2.26. The van der Waals surface area contributed by atoms with Crippen LogP contribution in [-0.4, -0.2) is 36.6 Å². The minimum Gasteiger partial charge on any atom is -0.452 e. The van der Waals surface area contributed by atoms with Crippen molar-refractivity contribution in [2.45, 2.75) is 18.0 Å². The topological polar surface area (TPSA) is 80.4 Å². The van der Waals surface area contributed by atoms with Gasteiger partial charge in [-0.2, -0.15) is 9.40 Å². The molecule has 0 saturated carbocycles. The van der Waals surface area contributed by atoms with Crippen LogP contribution in [0.4, 0.5) is 0 Å². The Balaban J connectivity index is 2.24. The van der Waals surface area contributed by atoms with Crippen LogP contribution >= 0.6 is 15.9 Å². The fourth-order valence-electron chi connectivity index (χ4n) is 1.90. The maximum atomic E-state index is 12.6. The fourth-order valence-corrected chi connectivity index (χ4v) is 4.01. The van der Waals surface area contributed by atoms with Crippen molar-refractivity contribution in [1.82, 2.24) is 19.4 Å². The van der Waals surface area contributed by atoms with E-state index in [4.69, 9.17) is 4.42 Å². The van der Waals surface area contributed by atoms with Crippen molar-refractivity contribution < 1.29 is 12.8 Å². The summed E-state index contributed by atoms with van der Waals surface area (Å²) in [5.74, 6) is 0.553. The van der Waals surface area contributed by atoms with E-state index in [1.54, 1.807) is 31.2 Å². The Hall–Kier alpha value is -1.16. The molecule has 0 radical (unpaired) electrons. The number of nitrogens with zero attached hydrogens (tertiary/aromatic N) is 3. The molecule has 2 aromatic rings. The molecule has 2 heterocycles. The Bertz CT molecular complexity index is 723. The number of furan rings is 1. The number of sulfonamides is 1. The molecule has 0 aliphatic carbocycles. The molecule has 2 aromatic heterocycles. The highest BCUT2D eigenvalue weighted by molar-refractivity contribution is 9.10. The minimum absolute atomic E-state index is 0.124. The number of aromatic nitrogens is 2. The number of nitrogens with one attached hydrogen (secondary N) is 1. The maximum absolute atomic E-state index is 12.6. The summed E-state index contributed by atoms with van der Waals surface area (Å²) < 4.78 is 33.6. The number of rotatable bonds is 6. The lowest BCUT2D eigenvalue weighted by molar-refractivity contribution is 0.454. The monoisotopic (exact) mass is 376 g/mol. The van der Waals surface area contributed by atoms with E-state index in [1.807, 2.05) is 0 Å². The van der Waals surface area contributed by atoms with Crippen molar-refractivity contribution in [3.05, 3.63) is 34.5 Å². The van der Waals surface area contributed by atoms with Gasteiger partial charge in [0.25, 0.3) is 0 Å². The molecule has 21 heavy (non-hydrogen) atoms. The zero-order valence-electron chi connectivity index (χ0n) is 12.0. The van der Waals surface area contributed by atoms with Gasteiger partial charge in [-0.05, 0) is 23.0 Å². The van der Waals surface area contributed by atoms with Gasteiger partial charge in [0, 0.05) is 38.5 Å². The van der Waals surface area contributed by atoms with Gasteiger partial charge in [0.1, 0.15) is 10.7 Å². The molecular formula is C12H17BrN4O3S. The summed E-state index contributed by atoms with van der Waals surface area (Å²) in [6.07, 6.45) is 3.42. The summed E-state index contributed by atoms with van der Waals surface area (Å²) in [6, 6.07) is 1.52. The average Bonchev–Trinajstić information content (AvgIpc) is 2.96. The van der Waals surface area contributed by atoms with E-state index in [0.717, 1.165) is 5.56 Å². The summed E-state index contributed by atoms with van der Waals surface area (Å²) in [4.78, 5) is 0.124. The van der Waals surface area contributed by atoms with Gasteiger partial charge in [-0.15, -0.1) is 0 Å². The fraction of sp³-hybridized carbons (Fsp3) is 0.417. The number of aryl methyl sites for hydroxylation is 1. The van der Waals surface area contributed by atoms with Crippen LogP contribution in [-0.2, 0) is 30.2 Å². The van der Waals surface area contributed by atoms with Crippen molar-refractivity contribution in [2.75, 3.05) is 14.1 Å². The molecule has 2 rings (SSSR count). The standard InChI is InChI=1S/C12H17BrN4O3S/c1-14-6-10-4-11(12(13)20-10)21(18,19)17(3)8-9-5-15-16(2)7-9/h4-5,7,14H,6,8H2,1-3H3. The predicted octanol–water partition coefficient (Wildman–Crippen LogP) is 1.32. The molecule has 0 aliphatic heterocycles. The molecule has 0 atom stereocenters. The average molecular weight is 377 g/mol. The molecule has 0 saturated heterocycles. The predicted molar refractivity (Wildman–Crippen MR) is 81.0 cm³/mol. The minimum atomic E-state index is -3.63. The molecule has 0 amide bonds. The Morgan fingerprint density at radius 1 is 1.52 bits per heavy atom. The molecule has 7 nitrogen and oxygen atoms in total. The van der Waals surface area contributed by atoms with Crippen LogP contribution < -0.4 is 5.32 Å². The van der Waals surface area contributed by atoms with Crippen LogP contribution in [0.2, 0.25) is 0 Å². The summed E-state index contributed by atoms with van der Waals surface area (Å²) in [5.41, 5.74) is 0.818. The van der Waals surface area contributed by atoms with Crippen LogP contribution in [0, 0.1) is 0 Å². The van der Waals surface area contributed by atoms with Gasteiger partial charge in [0.05, 0.1) is 12.7 Å². The van der Waals surface area contributed by atoms with Gasteiger partial charge >= 0.3 is 0 Å². The third-order valence-electron chi connectivity index (χ3n) is 2.91. The van der Waals surface area contributed by atoms with Crippen LogP contribution in [0.25, 0.3) is 0 Å². The second-order valence-electron chi connectivity index (χ2n) is 4.66. The van der Waals surface area contributed by atoms with Gasteiger partial charge in [0.2, 0.25) is 10.0 Å². The van der Waals surface area contributed by atoms with Crippen LogP contribution in [0.5, 0.6) is 0 Å². The molecule has 1 N–H and O–H groups in total. The third kappa shape index (κ3) is 3.54. The maximum Gasteiger partial charge on any atom is 0.247 e. The first-order valence-electron chi connectivity index (χ1n) is 6.21. The largest absolute Gasteiger partial charge is 0.452 e. The van der Waals surface area contributed by atoms with Crippen molar-refractivity contribution in [3.8, 4) is 0 Å². The zero-order chi connectivity index (χ0) is 15.6.